The van der Waals surface area contributed by atoms with Crippen LogP contribution in [0.2, 0.25) is 0 Å². The predicted molar refractivity (Wildman–Crippen MR) is 107 cm³/mol. The van der Waals surface area contributed by atoms with E-state index in [9.17, 15) is 4.79 Å². The Bertz CT molecular complexity index is 930. The summed E-state index contributed by atoms with van der Waals surface area (Å²) in [4.78, 5) is 23.7. The third-order valence-electron chi connectivity index (χ3n) is 4.91. The monoisotopic (exact) mass is 394 g/mol. The average Bonchev–Trinajstić information content (AvgIpc) is 3.17. The van der Waals surface area contributed by atoms with Crippen LogP contribution in [0.25, 0.3) is 5.69 Å². The number of thioether (sulfide) groups is 1. The maximum Gasteiger partial charge on any atom is 0.276 e. The lowest BCUT2D eigenvalue weighted by Gasteiger charge is -2.33. The van der Waals surface area contributed by atoms with Gasteiger partial charge in [-0.1, -0.05) is 35.2 Å². The largest absolute Gasteiger partial charge is 0.334 e. The zero-order valence-corrected chi connectivity index (χ0v) is 16.5. The van der Waals surface area contributed by atoms with Crippen LogP contribution >= 0.6 is 11.8 Å². The molecule has 1 amide bonds. The van der Waals surface area contributed by atoms with Crippen molar-refractivity contribution in [2.45, 2.75) is 43.1 Å². The van der Waals surface area contributed by atoms with Gasteiger partial charge in [0.25, 0.3) is 5.91 Å². The Morgan fingerprint density at radius 1 is 1.14 bits per heavy atom. The topological polar surface area (TPSA) is 76.8 Å². The highest BCUT2D eigenvalue weighted by atomic mass is 32.2. The summed E-state index contributed by atoms with van der Waals surface area (Å²) in [6.45, 7) is 2.87. The van der Waals surface area contributed by atoms with Gasteiger partial charge in [-0.3, -0.25) is 4.79 Å². The van der Waals surface area contributed by atoms with Crippen molar-refractivity contribution in [1.82, 2.24) is 29.9 Å². The summed E-state index contributed by atoms with van der Waals surface area (Å²) < 4.78 is 1.75. The van der Waals surface area contributed by atoms with Gasteiger partial charge in [-0.05, 0) is 44.4 Å². The maximum atomic E-state index is 13.3. The minimum absolute atomic E-state index is 0.0426. The molecule has 7 nitrogen and oxygen atoms in total. The number of hydrogen-bond acceptors (Lipinski definition) is 6. The van der Waals surface area contributed by atoms with E-state index in [0.29, 0.717) is 16.6 Å². The molecule has 0 spiro atoms. The van der Waals surface area contributed by atoms with E-state index in [1.165, 1.54) is 11.8 Å². The maximum absolute atomic E-state index is 13.3. The highest BCUT2D eigenvalue weighted by Crippen LogP contribution is 2.25. The second-order valence-corrected chi connectivity index (χ2v) is 7.74. The van der Waals surface area contributed by atoms with Crippen molar-refractivity contribution >= 4 is 17.7 Å². The fraction of sp³-hybridized carbons (Fsp3) is 0.350. The van der Waals surface area contributed by atoms with E-state index >= 15 is 0 Å². The van der Waals surface area contributed by atoms with Crippen molar-refractivity contribution in [2.75, 3.05) is 6.54 Å². The number of rotatable bonds is 5. The van der Waals surface area contributed by atoms with Crippen LogP contribution in [0.3, 0.4) is 0 Å². The highest BCUT2D eigenvalue weighted by Gasteiger charge is 2.29. The van der Waals surface area contributed by atoms with Crippen LogP contribution in [0, 0.1) is 0 Å². The lowest BCUT2D eigenvalue weighted by molar-refractivity contribution is 0.0628. The normalized spacial score (nSPS) is 16.9. The van der Waals surface area contributed by atoms with Crippen LogP contribution < -0.4 is 0 Å². The Morgan fingerprint density at radius 2 is 1.93 bits per heavy atom. The Kier molecular flexibility index (Phi) is 5.66. The van der Waals surface area contributed by atoms with Gasteiger partial charge in [-0.2, -0.15) is 0 Å². The molecule has 28 heavy (non-hydrogen) atoms. The number of likely N-dealkylation sites (tertiary alicyclic amines) is 1. The number of hydrogen-bond donors (Lipinski definition) is 0. The minimum Gasteiger partial charge on any atom is -0.334 e. The molecular formula is C20H22N6OS. The molecule has 1 unspecified atom stereocenters. The van der Waals surface area contributed by atoms with Crippen molar-refractivity contribution in [2.24, 2.45) is 0 Å². The molecule has 0 radical (unpaired) electrons. The van der Waals surface area contributed by atoms with E-state index < -0.39 is 0 Å². The highest BCUT2D eigenvalue weighted by molar-refractivity contribution is 7.98. The molecule has 0 saturated carbocycles. The first kappa shape index (κ1) is 18.6. The number of nitrogens with zero attached hydrogens (tertiary/aromatic N) is 6. The first-order chi connectivity index (χ1) is 13.7. The second-order valence-electron chi connectivity index (χ2n) is 6.80. The Hall–Kier alpha value is -2.74. The van der Waals surface area contributed by atoms with E-state index in [2.05, 4.69) is 27.2 Å². The standard InChI is InChI=1S/C20H22N6OS/c1-15-8-5-6-13-25(15)19(27)18-17(14-28-20-21-11-7-12-22-20)26(24-23-18)16-9-3-2-4-10-16/h2-4,7,9-12,15H,5-6,8,13-14H2,1H3. The van der Waals surface area contributed by atoms with Crippen molar-refractivity contribution in [3.05, 3.63) is 60.2 Å². The molecule has 0 N–H and O–H groups in total. The van der Waals surface area contributed by atoms with Crippen molar-refractivity contribution in [3.8, 4) is 5.69 Å². The van der Waals surface area contributed by atoms with E-state index in [-0.39, 0.29) is 11.9 Å². The van der Waals surface area contributed by atoms with Crippen molar-refractivity contribution in [3.63, 3.8) is 0 Å². The van der Waals surface area contributed by atoms with Gasteiger partial charge < -0.3 is 4.90 Å². The van der Waals surface area contributed by atoms with Gasteiger partial charge in [0.2, 0.25) is 0 Å². The molecule has 4 rings (SSSR count). The molecule has 1 fully saturated rings. The molecule has 3 aromatic rings. The van der Waals surface area contributed by atoms with Gasteiger partial charge >= 0.3 is 0 Å². The van der Waals surface area contributed by atoms with Crippen LogP contribution in [0.5, 0.6) is 0 Å². The summed E-state index contributed by atoms with van der Waals surface area (Å²) in [6.07, 6.45) is 6.65. The van der Waals surface area contributed by atoms with Gasteiger partial charge in [0.1, 0.15) is 0 Å². The number of aromatic nitrogens is 5. The molecule has 0 aliphatic carbocycles. The van der Waals surface area contributed by atoms with E-state index in [4.69, 9.17) is 0 Å². The Balaban J connectivity index is 1.67. The molecule has 1 aliphatic heterocycles. The number of carbonyl (C=O) groups is 1. The molecule has 1 saturated heterocycles. The first-order valence-corrected chi connectivity index (χ1v) is 10.4. The smallest absolute Gasteiger partial charge is 0.276 e. The van der Waals surface area contributed by atoms with Gasteiger partial charge in [-0.25, -0.2) is 14.6 Å². The lowest BCUT2D eigenvalue weighted by Crippen LogP contribution is -2.42. The number of para-hydroxylation sites is 1. The summed E-state index contributed by atoms with van der Waals surface area (Å²) in [6, 6.07) is 11.8. The van der Waals surface area contributed by atoms with E-state index in [1.807, 2.05) is 35.2 Å². The number of amides is 1. The Morgan fingerprint density at radius 3 is 2.68 bits per heavy atom. The van der Waals surface area contributed by atoms with E-state index in [0.717, 1.165) is 37.2 Å². The van der Waals surface area contributed by atoms with Crippen LogP contribution in [0.15, 0.2) is 53.9 Å². The predicted octanol–water partition coefficient (Wildman–Crippen LogP) is 3.36. The van der Waals surface area contributed by atoms with Crippen molar-refractivity contribution < 1.29 is 4.79 Å². The average molecular weight is 395 g/mol. The molecule has 0 bridgehead atoms. The van der Waals surface area contributed by atoms with Gasteiger partial charge in [0, 0.05) is 30.7 Å². The third kappa shape index (κ3) is 3.91. The van der Waals surface area contributed by atoms with Gasteiger partial charge in [0.15, 0.2) is 10.9 Å². The van der Waals surface area contributed by atoms with Crippen LogP contribution in [0.4, 0.5) is 0 Å². The van der Waals surface area contributed by atoms with Gasteiger partial charge in [0.05, 0.1) is 11.4 Å². The second kappa shape index (κ2) is 8.52. The van der Waals surface area contributed by atoms with Crippen LogP contribution in [-0.4, -0.2) is 48.4 Å². The molecule has 144 valence electrons. The summed E-state index contributed by atoms with van der Waals surface area (Å²) in [5, 5.41) is 9.25. The summed E-state index contributed by atoms with van der Waals surface area (Å²) in [5.74, 6) is 0.467. The van der Waals surface area contributed by atoms with Gasteiger partial charge in [-0.15, -0.1) is 5.10 Å². The summed E-state index contributed by atoms with van der Waals surface area (Å²) in [7, 11) is 0. The van der Waals surface area contributed by atoms with Crippen LogP contribution in [0.1, 0.15) is 42.4 Å². The molecular weight excluding hydrogens is 372 g/mol. The summed E-state index contributed by atoms with van der Waals surface area (Å²) in [5.41, 5.74) is 2.07. The number of benzene rings is 1. The molecule has 3 heterocycles. The quantitative estimate of drug-likeness (QED) is 0.488. The van der Waals surface area contributed by atoms with Crippen molar-refractivity contribution in [1.29, 1.82) is 0 Å². The zero-order valence-electron chi connectivity index (χ0n) is 15.7. The Labute approximate surface area is 168 Å². The SMILES string of the molecule is CC1CCCCN1C(=O)c1nnn(-c2ccccc2)c1CSc1ncccn1. The number of carbonyl (C=O) groups excluding carboxylic acids is 1. The van der Waals surface area contributed by atoms with E-state index in [1.54, 1.807) is 23.1 Å². The molecule has 1 aliphatic rings. The fourth-order valence-corrected chi connectivity index (χ4v) is 4.20. The molecule has 1 atom stereocenters. The third-order valence-corrected chi connectivity index (χ3v) is 5.80. The zero-order chi connectivity index (χ0) is 19.3. The molecule has 8 heteroatoms. The molecule has 1 aromatic carbocycles. The lowest BCUT2D eigenvalue weighted by atomic mass is 10.0. The number of piperidine rings is 1. The summed E-state index contributed by atoms with van der Waals surface area (Å²) >= 11 is 1.47. The fourth-order valence-electron chi connectivity index (χ4n) is 3.40. The molecule has 2 aromatic heterocycles. The first-order valence-electron chi connectivity index (χ1n) is 9.45. The van der Waals surface area contributed by atoms with Crippen LogP contribution in [-0.2, 0) is 5.75 Å². The minimum atomic E-state index is -0.0426.